The fourth-order valence-corrected chi connectivity index (χ4v) is 5.24. The molecular formula is C20H34O3. The summed E-state index contributed by atoms with van der Waals surface area (Å²) in [4.78, 5) is 0. The first-order valence-corrected chi connectivity index (χ1v) is 8.82. The van der Waals surface area contributed by atoms with Gasteiger partial charge in [0, 0.05) is 5.41 Å². The van der Waals surface area contributed by atoms with Crippen molar-refractivity contribution in [3.05, 3.63) is 24.8 Å². The lowest BCUT2D eigenvalue weighted by Crippen LogP contribution is -2.61. The summed E-state index contributed by atoms with van der Waals surface area (Å²) in [7, 11) is 0. The first-order valence-electron chi connectivity index (χ1n) is 8.82. The van der Waals surface area contributed by atoms with Gasteiger partial charge < -0.3 is 15.3 Å². The molecule has 6 atom stereocenters. The van der Waals surface area contributed by atoms with Crippen LogP contribution in [0.25, 0.3) is 0 Å². The molecule has 3 nitrogen and oxygen atoms in total. The number of allylic oxidation sites excluding steroid dienone is 1. The largest absolute Gasteiger partial charge is 0.390 e. The van der Waals surface area contributed by atoms with E-state index in [4.69, 9.17) is 0 Å². The molecule has 0 aromatic heterocycles. The van der Waals surface area contributed by atoms with Gasteiger partial charge in [0.2, 0.25) is 0 Å². The molecule has 3 N–H and O–H groups in total. The maximum absolute atomic E-state index is 11.1. The Morgan fingerprint density at radius 1 is 1.30 bits per heavy atom. The second-order valence-corrected chi connectivity index (χ2v) is 9.09. The van der Waals surface area contributed by atoms with Crippen LogP contribution in [0.15, 0.2) is 24.8 Å². The average Bonchev–Trinajstić information content (AvgIpc) is 2.42. The Balaban J connectivity index is 2.39. The Hall–Kier alpha value is -0.640. The van der Waals surface area contributed by atoms with Crippen LogP contribution in [-0.2, 0) is 0 Å². The first-order chi connectivity index (χ1) is 10.4. The van der Waals surface area contributed by atoms with Gasteiger partial charge in [-0.15, -0.1) is 6.58 Å². The molecule has 1 saturated carbocycles. The van der Waals surface area contributed by atoms with E-state index in [0.29, 0.717) is 18.8 Å². The minimum absolute atomic E-state index is 0.00366. The molecule has 2 rings (SSSR count). The van der Waals surface area contributed by atoms with Crippen molar-refractivity contribution in [2.45, 2.75) is 77.6 Å². The quantitative estimate of drug-likeness (QED) is 0.695. The highest BCUT2D eigenvalue weighted by molar-refractivity contribution is 5.20. The highest BCUT2D eigenvalue weighted by Crippen LogP contribution is 2.61. The lowest BCUT2D eigenvalue weighted by atomic mass is 9.45. The third-order valence-electron chi connectivity index (χ3n) is 6.81. The van der Waals surface area contributed by atoms with E-state index in [1.165, 1.54) is 0 Å². The maximum Gasteiger partial charge on any atom is 0.0797 e. The first kappa shape index (κ1) is 18.7. The lowest BCUT2D eigenvalue weighted by molar-refractivity contribution is -0.184. The normalized spacial score (nSPS) is 45.1. The van der Waals surface area contributed by atoms with Gasteiger partial charge in [0.05, 0.1) is 17.3 Å². The van der Waals surface area contributed by atoms with Crippen LogP contribution in [0, 0.1) is 22.7 Å². The molecule has 1 fully saturated rings. The van der Waals surface area contributed by atoms with E-state index >= 15 is 0 Å². The molecule has 0 spiro atoms. The van der Waals surface area contributed by atoms with E-state index in [1.807, 2.05) is 13.0 Å². The summed E-state index contributed by atoms with van der Waals surface area (Å²) >= 11 is 0. The molecule has 0 heterocycles. The van der Waals surface area contributed by atoms with Crippen LogP contribution in [0.4, 0.5) is 0 Å². The standard InChI is InChI=1S/C20H34O3/c1-7-18(4,22)12-8-15-19(5,23)13-9-14-17(2,3)11-10-16(21)20(14,15)6/h7,10-11,14-16,21-23H,1,8-9,12-13H2,2-6H3/t14?,15-,16-,18-,19+,20-/m0/s1. The number of hydrogen-bond acceptors (Lipinski definition) is 3. The predicted molar refractivity (Wildman–Crippen MR) is 93.9 cm³/mol. The Morgan fingerprint density at radius 2 is 1.91 bits per heavy atom. The summed E-state index contributed by atoms with van der Waals surface area (Å²) < 4.78 is 0. The monoisotopic (exact) mass is 322 g/mol. The van der Waals surface area contributed by atoms with Gasteiger partial charge in [-0.2, -0.15) is 0 Å². The maximum atomic E-state index is 11.1. The summed E-state index contributed by atoms with van der Waals surface area (Å²) in [6.45, 7) is 13.9. The third-order valence-corrected chi connectivity index (χ3v) is 6.81. The summed E-state index contributed by atoms with van der Waals surface area (Å²) in [5.41, 5.74) is -2.16. The van der Waals surface area contributed by atoms with Crippen LogP contribution < -0.4 is 0 Å². The number of hydrogen-bond donors (Lipinski definition) is 3. The number of aliphatic hydroxyl groups excluding tert-OH is 1. The number of fused-ring (bicyclic) bond motifs is 1. The molecule has 23 heavy (non-hydrogen) atoms. The lowest BCUT2D eigenvalue weighted by Gasteiger charge is -2.61. The zero-order valence-corrected chi connectivity index (χ0v) is 15.3. The van der Waals surface area contributed by atoms with E-state index in [-0.39, 0.29) is 11.3 Å². The van der Waals surface area contributed by atoms with E-state index in [0.717, 1.165) is 12.8 Å². The average molecular weight is 322 g/mol. The predicted octanol–water partition coefficient (Wildman–Crippen LogP) is 3.44. The van der Waals surface area contributed by atoms with Gasteiger partial charge in [0.1, 0.15) is 0 Å². The van der Waals surface area contributed by atoms with E-state index in [2.05, 4.69) is 33.4 Å². The van der Waals surface area contributed by atoms with Crippen LogP contribution in [0.3, 0.4) is 0 Å². The van der Waals surface area contributed by atoms with Gasteiger partial charge in [-0.1, -0.05) is 39.0 Å². The van der Waals surface area contributed by atoms with E-state index < -0.39 is 22.7 Å². The molecule has 132 valence electrons. The van der Waals surface area contributed by atoms with Gasteiger partial charge in [0.15, 0.2) is 0 Å². The van der Waals surface area contributed by atoms with Crippen LogP contribution in [-0.4, -0.2) is 32.6 Å². The molecule has 3 heteroatoms. The van der Waals surface area contributed by atoms with Crippen molar-refractivity contribution in [1.29, 1.82) is 0 Å². The van der Waals surface area contributed by atoms with Crippen LogP contribution >= 0.6 is 0 Å². The molecule has 0 amide bonds. The summed E-state index contributed by atoms with van der Waals surface area (Å²) in [6, 6.07) is 0. The molecule has 0 radical (unpaired) electrons. The Bertz CT molecular complexity index is 489. The van der Waals surface area contributed by atoms with Crippen molar-refractivity contribution in [3.63, 3.8) is 0 Å². The second-order valence-electron chi connectivity index (χ2n) is 9.09. The topological polar surface area (TPSA) is 60.7 Å². The SMILES string of the molecule is C=C[C@](C)(O)CC[C@@H]1[C@]2(C)C(CC[C@@]1(C)O)C(C)(C)C=C[C@@H]2O. The van der Waals surface area contributed by atoms with Gasteiger partial charge >= 0.3 is 0 Å². The highest BCUT2D eigenvalue weighted by Gasteiger charge is 2.60. The fourth-order valence-electron chi connectivity index (χ4n) is 5.24. The van der Waals surface area contributed by atoms with Crippen molar-refractivity contribution in [2.24, 2.45) is 22.7 Å². The third kappa shape index (κ3) is 3.16. The summed E-state index contributed by atoms with van der Waals surface area (Å²) in [5.74, 6) is 0.244. The smallest absolute Gasteiger partial charge is 0.0797 e. The summed E-state index contributed by atoms with van der Waals surface area (Å²) in [5, 5.41) is 32.2. The zero-order chi connectivity index (χ0) is 17.7. The molecule has 2 aliphatic rings. The zero-order valence-electron chi connectivity index (χ0n) is 15.3. The minimum atomic E-state index is -0.940. The van der Waals surface area contributed by atoms with Crippen molar-refractivity contribution >= 4 is 0 Å². The van der Waals surface area contributed by atoms with Crippen LogP contribution in [0.2, 0.25) is 0 Å². The molecule has 0 aliphatic heterocycles. The van der Waals surface area contributed by atoms with Gasteiger partial charge in [-0.3, -0.25) is 0 Å². The highest BCUT2D eigenvalue weighted by atomic mass is 16.3. The van der Waals surface area contributed by atoms with Gasteiger partial charge in [-0.05, 0) is 56.8 Å². The minimum Gasteiger partial charge on any atom is -0.390 e. The second kappa shape index (κ2) is 5.72. The molecule has 0 bridgehead atoms. The molecule has 2 aliphatic carbocycles. The van der Waals surface area contributed by atoms with Gasteiger partial charge in [0.25, 0.3) is 0 Å². The Morgan fingerprint density at radius 3 is 2.48 bits per heavy atom. The fraction of sp³-hybridized carbons (Fsp3) is 0.800. The molecular weight excluding hydrogens is 288 g/mol. The molecule has 0 aromatic carbocycles. The van der Waals surface area contributed by atoms with Crippen molar-refractivity contribution in [2.75, 3.05) is 0 Å². The van der Waals surface area contributed by atoms with Crippen molar-refractivity contribution < 1.29 is 15.3 Å². The van der Waals surface area contributed by atoms with Crippen molar-refractivity contribution in [3.8, 4) is 0 Å². The van der Waals surface area contributed by atoms with Crippen LogP contribution in [0.1, 0.15) is 60.3 Å². The summed E-state index contributed by atoms with van der Waals surface area (Å²) in [6.07, 6.45) is 7.87. The number of rotatable bonds is 4. The van der Waals surface area contributed by atoms with Crippen molar-refractivity contribution in [1.82, 2.24) is 0 Å². The Labute approximate surface area is 141 Å². The van der Waals surface area contributed by atoms with E-state index in [9.17, 15) is 15.3 Å². The molecule has 0 saturated heterocycles. The van der Waals surface area contributed by atoms with Gasteiger partial charge in [-0.25, -0.2) is 0 Å². The van der Waals surface area contributed by atoms with E-state index in [1.54, 1.807) is 13.0 Å². The molecule has 0 aromatic rings. The molecule has 1 unspecified atom stereocenters. The number of aliphatic hydroxyl groups is 3. The van der Waals surface area contributed by atoms with Crippen LogP contribution in [0.5, 0.6) is 0 Å². The Kier molecular flexibility index (Phi) is 4.65.